The Morgan fingerprint density at radius 3 is 2.77 bits per heavy atom. The molecule has 3 aromatic rings. The van der Waals surface area contributed by atoms with Gasteiger partial charge in [-0.3, -0.25) is 4.90 Å². The van der Waals surface area contributed by atoms with Crippen LogP contribution in [0.5, 0.6) is 11.8 Å². The molecule has 0 bridgehead atoms. The highest BCUT2D eigenvalue weighted by Gasteiger charge is 2.49. The SMILES string of the molecule is CCc1c(F)ccc2cc(O)cc(N3CCc4c(nc(OC[C@@]56CCCN5C[C@H](F)C6)nc4N4CCCC5(CSC5)C4)C3)c12. The molecule has 5 aliphatic heterocycles. The van der Waals surface area contributed by atoms with Crippen LogP contribution in [0.15, 0.2) is 24.3 Å². The summed E-state index contributed by atoms with van der Waals surface area (Å²) in [6, 6.07) is 7.08. The standard InChI is InChI=1S/C34H41F2N5O2S/c1-2-25-27(36)6-5-22-13-24(42)14-29(30(22)25)39-12-7-26-28(17-39)37-32(43-19-34-9-4-11-41(34)16-23(35)15-34)38-31(26)40-10-3-8-33(18-40)20-44-21-33/h5-6,13-14,23,42H,2-4,7-12,15-21H2,1H3/t23-,34+/m1/s1. The van der Waals surface area contributed by atoms with Gasteiger partial charge in [0.2, 0.25) is 0 Å². The van der Waals surface area contributed by atoms with Crippen molar-refractivity contribution in [3.05, 3.63) is 46.9 Å². The number of phenols is 1. The van der Waals surface area contributed by atoms with Crippen molar-refractivity contribution in [2.24, 2.45) is 5.41 Å². The summed E-state index contributed by atoms with van der Waals surface area (Å²) in [5.74, 6) is 3.34. The molecular weight excluding hydrogens is 580 g/mol. The number of aromatic nitrogens is 2. The van der Waals surface area contributed by atoms with Gasteiger partial charge in [0, 0.05) is 72.2 Å². The Balaban J connectivity index is 1.16. The summed E-state index contributed by atoms with van der Waals surface area (Å²) in [6.07, 6.45) is 5.42. The molecule has 0 amide bonds. The van der Waals surface area contributed by atoms with E-state index in [1.165, 1.54) is 24.0 Å². The van der Waals surface area contributed by atoms with Crippen LogP contribution in [0.3, 0.4) is 0 Å². The molecule has 6 heterocycles. The van der Waals surface area contributed by atoms with Gasteiger partial charge in [-0.15, -0.1) is 0 Å². The van der Waals surface area contributed by atoms with Gasteiger partial charge in [-0.2, -0.15) is 21.7 Å². The highest BCUT2D eigenvalue weighted by Crippen LogP contribution is 2.47. The number of nitrogens with zero attached hydrogens (tertiary/aromatic N) is 5. The van der Waals surface area contributed by atoms with Crippen molar-refractivity contribution in [1.29, 1.82) is 0 Å². The number of aryl methyl sites for hydroxylation is 1. The highest BCUT2D eigenvalue weighted by atomic mass is 32.2. The van der Waals surface area contributed by atoms with Gasteiger partial charge in [-0.05, 0) is 68.2 Å². The van der Waals surface area contributed by atoms with Gasteiger partial charge in [0.1, 0.15) is 30.2 Å². The zero-order valence-electron chi connectivity index (χ0n) is 25.5. The molecule has 1 N–H and O–H groups in total. The molecule has 1 spiro atoms. The second-order valence-corrected chi connectivity index (χ2v) is 14.7. The molecular formula is C34H41F2N5O2S. The van der Waals surface area contributed by atoms with Crippen LogP contribution in [0.1, 0.15) is 55.8 Å². The predicted molar refractivity (Wildman–Crippen MR) is 171 cm³/mol. The Labute approximate surface area is 262 Å². The maximum absolute atomic E-state index is 15.0. The number of hydrogen-bond donors (Lipinski definition) is 1. The van der Waals surface area contributed by atoms with E-state index in [1.54, 1.807) is 18.2 Å². The van der Waals surface area contributed by atoms with Gasteiger partial charge < -0.3 is 19.6 Å². The Kier molecular flexibility index (Phi) is 7.09. The number of rotatable bonds is 6. The summed E-state index contributed by atoms with van der Waals surface area (Å²) >= 11 is 2.03. The first kappa shape index (κ1) is 28.6. The van der Waals surface area contributed by atoms with Crippen molar-refractivity contribution in [3.63, 3.8) is 0 Å². The van der Waals surface area contributed by atoms with Crippen molar-refractivity contribution in [3.8, 4) is 11.8 Å². The second-order valence-electron chi connectivity index (χ2n) is 13.8. The van der Waals surface area contributed by atoms with Gasteiger partial charge in [-0.1, -0.05) is 13.0 Å². The molecule has 8 rings (SSSR count). The van der Waals surface area contributed by atoms with Crippen LogP contribution in [-0.2, 0) is 19.4 Å². The third kappa shape index (κ3) is 4.78. The largest absolute Gasteiger partial charge is 0.508 e. The summed E-state index contributed by atoms with van der Waals surface area (Å²) in [6.45, 7) is 6.97. The lowest BCUT2D eigenvalue weighted by molar-refractivity contribution is 0.107. The fourth-order valence-electron chi connectivity index (χ4n) is 8.65. The molecule has 234 valence electrons. The summed E-state index contributed by atoms with van der Waals surface area (Å²) in [7, 11) is 0. The predicted octanol–water partition coefficient (Wildman–Crippen LogP) is 5.89. The van der Waals surface area contributed by atoms with Gasteiger partial charge in [0.25, 0.3) is 0 Å². The first-order valence-corrected chi connectivity index (χ1v) is 17.4. The number of hydrogen-bond acceptors (Lipinski definition) is 8. The Bertz CT molecular complexity index is 1600. The minimum Gasteiger partial charge on any atom is -0.508 e. The first-order valence-electron chi connectivity index (χ1n) is 16.3. The van der Waals surface area contributed by atoms with E-state index in [2.05, 4.69) is 14.7 Å². The Morgan fingerprint density at radius 2 is 1.95 bits per heavy atom. The van der Waals surface area contributed by atoms with Gasteiger partial charge >= 0.3 is 6.01 Å². The molecule has 4 fully saturated rings. The van der Waals surface area contributed by atoms with Crippen molar-refractivity contribution >= 4 is 34.0 Å². The van der Waals surface area contributed by atoms with Gasteiger partial charge in [0.15, 0.2) is 0 Å². The first-order chi connectivity index (χ1) is 21.4. The fraction of sp³-hybridized carbons (Fsp3) is 0.588. The number of piperidine rings is 1. The topological polar surface area (TPSA) is 65.0 Å². The molecule has 5 aliphatic rings. The maximum atomic E-state index is 15.0. The van der Waals surface area contributed by atoms with Crippen molar-refractivity contribution in [2.75, 3.05) is 60.6 Å². The molecule has 44 heavy (non-hydrogen) atoms. The van der Waals surface area contributed by atoms with E-state index in [4.69, 9.17) is 14.7 Å². The zero-order chi connectivity index (χ0) is 30.1. The van der Waals surface area contributed by atoms with Crippen LogP contribution < -0.4 is 14.5 Å². The number of fused-ring (bicyclic) bond motifs is 3. The van der Waals surface area contributed by atoms with Crippen molar-refractivity contribution < 1.29 is 18.6 Å². The maximum Gasteiger partial charge on any atom is 0.318 e. The number of aromatic hydroxyl groups is 1. The molecule has 0 radical (unpaired) electrons. The fourth-order valence-corrected chi connectivity index (χ4v) is 9.91. The number of ether oxygens (including phenoxy) is 1. The summed E-state index contributed by atoms with van der Waals surface area (Å²) in [5.41, 5.74) is 3.66. The molecule has 0 saturated carbocycles. The molecule has 7 nitrogen and oxygen atoms in total. The average molecular weight is 622 g/mol. The molecule has 2 aromatic carbocycles. The molecule has 1 aromatic heterocycles. The zero-order valence-corrected chi connectivity index (χ0v) is 26.3. The van der Waals surface area contributed by atoms with Crippen LogP contribution in [0, 0.1) is 11.2 Å². The lowest BCUT2D eigenvalue weighted by Crippen LogP contribution is -2.51. The third-order valence-electron chi connectivity index (χ3n) is 10.9. The van der Waals surface area contributed by atoms with Gasteiger partial charge in [0.05, 0.1) is 17.8 Å². The van der Waals surface area contributed by atoms with Gasteiger partial charge in [-0.25, -0.2) is 8.78 Å². The van der Waals surface area contributed by atoms with E-state index >= 15 is 0 Å². The van der Waals surface area contributed by atoms with Crippen molar-refractivity contribution in [2.45, 2.75) is 70.1 Å². The lowest BCUT2D eigenvalue weighted by Gasteiger charge is -2.49. The third-order valence-corrected chi connectivity index (χ3v) is 12.5. The normalized spacial score (nSPS) is 26.2. The van der Waals surface area contributed by atoms with E-state index in [1.807, 2.05) is 18.7 Å². The van der Waals surface area contributed by atoms with E-state index in [-0.39, 0.29) is 17.1 Å². The average Bonchev–Trinajstić information content (AvgIpc) is 3.54. The number of anilines is 2. The van der Waals surface area contributed by atoms with Crippen LogP contribution in [0.25, 0.3) is 10.8 Å². The quantitative estimate of drug-likeness (QED) is 0.366. The van der Waals surface area contributed by atoms with E-state index in [9.17, 15) is 13.9 Å². The number of benzene rings is 2. The lowest BCUT2D eigenvalue weighted by atomic mass is 9.82. The van der Waals surface area contributed by atoms with E-state index < -0.39 is 6.17 Å². The summed E-state index contributed by atoms with van der Waals surface area (Å²) in [4.78, 5) is 17.0. The number of halogens is 2. The number of thioether (sulfide) groups is 1. The molecule has 2 atom stereocenters. The Morgan fingerprint density at radius 1 is 1.09 bits per heavy atom. The summed E-state index contributed by atoms with van der Waals surface area (Å²) < 4.78 is 35.9. The minimum absolute atomic E-state index is 0.166. The van der Waals surface area contributed by atoms with E-state index in [0.717, 1.165) is 78.9 Å². The molecule has 10 heteroatoms. The van der Waals surface area contributed by atoms with Crippen LogP contribution in [0.2, 0.25) is 0 Å². The highest BCUT2D eigenvalue weighted by molar-refractivity contribution is 8.00. The molecule has 0 aliphatic carbocycles. The van der Waals surface area contributed by atoms with Crippen LogP contribution >= 0.6 is 11.8 Å². The van der Waals surface area contributed by atoms with Crippen molar-refractivity contribution in [1.82, 2.24) is 14.9 Å². The summed E-state index contributed by atoms with van der Waals surface area (Å²) in [5, 5.41) is 12.3. The van der Waals surface area contributed by atoms with Crippen LogP contribution in [0.4, 0.5) is 20.3 Å². The van der Waals surface area contributed by atoms with Crippen LogP contribution in [-0.4, -0.2) is 82.5 Å². The monoisotopic (exact) mass is 621 g/mol. The number of alkyl halides is 1. The second kappa shape index (κ2) is 10.9. The Hall–Kier alpha value is -2.85. The van der Waals surface area contributed by atoms with E-state index in [0.29, 0.717) is 56.1 Å². The molecule has 4 saturated heterocycles. The molecule has 0 unspecified atom stereocenters. The smallest absolute Gasteiger partial charge is 0.318 e. The minimum atomic E-state index is -0.813. The number of phenolic OH excluding ortho intramolecular Hbond substituents is 1.